The van der Waals surface area contributed by atoms with Crippen LogP contribution in [0.2, 0.25) is 10.0 Å². The highest BCUT2D eigenvalue weighted by atomic mass is 35.5. The second-order valence-electron chi connectivity index (χ2n) is 7.29. The summed E-state index contributed by atoms with van der Waals surface area (Å²) in [6.07, 6.45) is 1.75. The van der Waals surface area contributed by atoms with Gasteiger partial charge in [0, 0.05) is 28.2 Å². The number of carboxylic acid groups (broad SMARTS) is 1. The molecule has 1 N–H and O–H groups in total. The molecule has 0 saturated carbocycles. The van der Waals surface area contributed by atoms with Crippen molar-refractivity contribution in [3.05, 3.63) is 98.4 Å². The molecule has 0 radical (unpaired) electrons. The summed E-state index contributed by atoms with van der Waals surface area (Å²) in [5.74, 6) is -0.659. The Bertz CT molecular complexity index is 1340. The number of likely N-dealkylation sites (N-methyl/N-ethyl adjacent to an activating group) is 1. The van der Waals surface area contributed by atoms with Gasteiger partial charge in [0.2, 0.25) is 0 Å². The highest BCUT2D eigenvalue weighted by molar-refractivity contribution is 8.18. The van der Waals surface area contributed by atoms with Crippen molar-refractivity contribution in [1.29, 1.82) is 0 Å². The van der Waals surface area contributed by atoms with Crippen LogP contribution in [0.1, 0.15) is 21.5 Å². The molecule has 0 aromatic heterocycles. The molecule has 0 bridgehead atoms. The van der Waals surface area contributed by atoms with Crippen molar-refractivity contribution in [3.8, 4) is 5.75 Å². The number of hydrogen-bond acceptors (Lipinski definition) is 5. The summed E-state index contributed by atoms with van der Waals surface area (Å²) in [5.41, 5.74) is 2.09. The molecule has 1 fully saturated rings. The molecule has 4 rings (SSSR count). The third-order valence-corrected chi connectivity index (χ3v) is 6.57. The molecule has 6 nitrogen and oxygen atoms in total. The highest BCUT2D eigenvalue weighted by Crippen LogP contribution is 2.35. The zero-order valence-corrected chi connectivity index (χ0v) is 20.2. The molecule has 172 valence electrons. The number of nitrogens with zero attached hydrogens (tertiary/aromatic N) is 2. The van der Waals surface area contributed by atoms with Crippen molar-refractivity contribution in [1.82, 2.24) is 4.90 Å². The number of amidine groups is 1. The van der Waals surface area contributed by atoms with Gasteiger partial charge in [0.05, 0.1) is 16.2 Å². The van der Waals surface area contributed by atoms with E-state index in [0.717, 1.165) is 11.1 Å². The van der Waals surface area contributed by atoms with Crippen LogP contribution in [0.3, 0.4) is 0 Å². The minimum absolute atomic E-state index is 0.126. The Balaban J connectivity index is 1.57. The lowest BCUT2D eigenvalue weighted by Gasteiger charge is -2.11. The van der Waals surface area contributed by atoms with E-state index in [4.69, 9.17) is 27.9 Å². The zero-order chi connectivity index (χ0) is 24.2. The normalized spacial score (nSPS) is 15.9. The molecule has 1 aliphatic heterocycles. The monoisotopic (exact) mass is 512 g/mol. The van der Waals surface area contributed by atoms with Gasteiger partial charge < -0.3 is 9.84 Å². The average Bonchev–Trinajstić information content (AvgIpc) is 3.07. The minimum Gasteiger partial charge on any atom is -0.488 e. The van der Waals surface area contributed by atoms with Crippen LogP contribution < -0.4 is 4.74 Å². The standard InChI is InChI=1S/C25H18Cl2N2O4S/c1-29-23(30)22(34-25(29)28-19-7-4-6-16(11-19)24(31)32)12-15-5-2-3-8-21(15)33-14-17-9-10-18(26)13-20(17)27/h2-13H,14H2,1H3,(H,31,32)/b22-12-,28-25?. The summed E-state index contributed by atoms with van der Waals surface area (Å²) in [6.45, 7) is 0.240. The molecule has 1 saturated heterocycles. The topological polar surface area (TPSA) is 79.2 Å². The van der Waals surface area contributed by atoms with E-state index in [2.05, 4.69) is 4.99 Å². The van der Waals surface area contributed by atoms with E-state index in [0.29, 0.717) is 31.6 Å². The molecule has 0 spiro atoms. The molecule has 0 atom stereocenters. The maximum Gasteiger partial charge on any atom is 0.335 e. The van der Waals surface area contributed by atoms with Crippen molar-refractivity contribution in [2.45, 2.75) is 6.61 Å². The Morgan fingerprint density at radius 3 is 2.68 bits per heavy atom. The molecule has 34 heavy (non-hydrogen) atoms. The van der Waals surface area contributed by atoms with Gasteiger partial charge >= 0.3 is 5.97 Å². The average molecular weight is 513 g/mol. The quantitative estimate of drug-likeness (QED) is 0.381. The summed E-state index contributed by atoms with van der Waals surface area (Å²) < 4.78 is 5.98. The van der Waals surface area contributed by atoms with Gasteiger partial charge in [-0.3, -0.25) is 9.69 Å². The molecule has 3 aromatic rings. The Kier molecular flexibility index (Phi) is 7.26. The van der Waals surface area contributed by atoms with Crippen LogP contribution in [0.5, 0.6) is 5.75 Å². The lowest BCUT2D eigenvalue weighted by molar-refractivity contribution is -0.121. The van der Waals surface area contributed by atoms with Crippen LogP contribution in [-0.4, -0.2) is 34.1 Å². The third-order valence-electron chi connectivity index (χ3n) is 4.93. The lowest BCUT2D eigenvalue weighted by atomic mass is 10.1. The smallest absolute Gasteiger partial charge is 0.335 e. The number of para-hydroxylation sites is 1. The molecule has 1 heterocycles. The van der Waals surface area contributed by atoms with Crippen molar-refractivity contribution < 1.29 is 19.4 Å². The summed E-state index contributed by atoms with van der Waals surface area (Å²) in [6, 6.07) is 18.8. The Hall–Kier alpha value is -3.26. The highest BCUT2D eigenvalue weighted by Gasteiger charge is 2.30. The molecule has 1 aliphatic rings. The molecule has 0 unspecified atom stereocenters. The number of benzene rings is 3. The number of thioether (sulfide) groups is 1. The molecule has 9 heteroatoms. The number of aromatic carboxylic acids is 1. The van der Waals surface area contributed by atoms with Crippen molar-refractivity contribution >= 4 is 63.8 Å². The van der Waals surface area contributed by atoms with E-state index in [1.807, 2.05) is 24.3 Å². The second kappa shape index (κ2) is 10.3. The van der Waals surface area contributed by atoms with E-state index in [9.17, 15) is 14.7 Å². The van der Waals surface area contributed by atoms with Crippen LogP contribution in [0.25, 0.3) is 6.08 Å². The SMILES string of the molecule is CN1C(=O)/C(=C/c2ccccc2OCc2ccc(Cl)cc2Cl)SC1=Nc1cccc(C(=O)O)c1. The first-order chi connectivity index (χ1) is 16.3. The van der Waals surface area contributed by atoms with Crippen LogP contribution >= 0.6 is 35.0 Å². The Morgan fingerprint density at radius 2 is 1.91 bits per heavy atom. The fourth-order valence-corrected chi connectivity index (χ4v) is 4.58. The summed E-state index contributed by atoms with van der Waals surface area (Å²) in [5, 5.41) is 10.7. The molecule has 1 amide bonds. The van der Waals surface area contributed by atoms with Crippen LogP contribution in [0.4, 0.5) is 5.69 Å². The maximum atomic E-state index is 12.8. The van der Waals surface area contributed by atoms with E-state index in [1.165, 1.54) is 28.8 Å². The van der Waals surface area contributed by atoms with E-state index in [1.54, 1.807) is 43.5 Å². The summed E-state index contributed by atoms with van der Waals surface area (Å²) in [7, 11) is 1.63. The zero-order valence-electron chi connectivity index (χ0n) is 17.9. The number of hydrogen-bond donors (Lipinski definition) is 1. The fraction of sp³-hybridized carbons (Fsp3) is 0.0800. The van der Waals surface area contributed by atoms with E-state index >= 15 is 0 Å². The van der Waals surface area contributed by atoms with Gasteiger partial charge in [0.1, 0.15) is 12.4 Å². The first-order valence-corrected chi connectivity index (χ1v) is 11.6. The number of halogens is 2. The van der Waals surface area contributed by atoms with Crippen molar-refractivity contribution in [3.63, 3.8) is 0 Å². The Labute approximate surface area is 210 Å². The number of amides is 1. The van der Waals surface area contributed by atoms with Crippen molar-refractivity contribution in [2.75, 3.05) is 7.05 Å². The van der Waals surface area contributed by atoms with Gasteiger partial charge in [-0.25, -0.2) is 9.79 Å². The molecular weight excluding hydrogens is 495 g/mol. The van der Waals surface area contributed by atoms with E-state index in [-0.39, 0.29) is 18.1 Å². The Morgan fingerprint density at radius 1 is 1.12 bits per heavy atom. The largest absolute Gasteiger partial charge is 0.488 e. The number of aliphatic imine (C=N–C) groups is 1. The molecular formula is C25H18Cl2N2O4S. The van der Waals surface area contributed by atoms with Gasteiger partial charge in [0.15, 0.2) is 5.17 Å². The van der Waals surface area contributed by atoms with Gasteiger partial charge in [-0.2, -0.15) is 0 Å². The summed E-state index contributed by atoms with van der Waals surface area (Å²) in [4.78, 5) is 30.4. The molecule has 0 aliphatic carbocycles. The predicted molar refractivity (Wildman–Crippen MR) is 136 cm³/mol. The first kappa shape index (κ1) is 23.9. The predicted octanol–water partition coefficient (Wildman–Crippen LogP) is 6.50. The maximum absolute atomic E-state index is 12.8. The molecule has 3 aromatic carbocycles. The van der Waals surface area contributed by atoms with Crippen LogP contribution in [0, 0.1) is 0 Å². The lowest BCUT2D eigenvalue weighted by Crippen LogP contribution is -2.23. The fourth-order valence-electron chi connectivity index (χ4n) is 3.14. The van der Waals surface area contributed by atoms with Gasteiger partial charge in [0.25, 0.3) is 5.91 Å². The second-order valence-corrected chi connectivity index (χ2v) is 9.14. The van der Waals surface area contributed by atoms with Crippen LogP contribution in [0.15, 0.2) is 76.6 Å². The minimum atomic E-state index is -1.04. The van der Waals surface area contributed by atoms with Gasteiger partial charge in [-0.1, -0.05) is 53.5 Å². The van der Waals surface area contributed by atoms with Crippen LogP contribution in [-0.2, 0) is 11.4 Å². The van der Waals surface area contributed by atoms with E-state index < -0.39 is 5.97 Å². The third kappa shape index (κ3) is 5.44. The van der Waals surface area contributed by atoms with Gasteiger partial charge in [-0.15, -0.1) is 0 Å². The number of carboxylic acids is 1. The van der Waals surface area contributed by atoms with Gasteiger partial charge in [-0.05, 0) is 54.2 Å². The summed E-state index contributed by atoms with van der Waals surface area (Å²) >= 11 is 13.4. The van der Waals surface area contributed by atoms with Crippen molar-refractivity contribution in [2.24, 2.45) is 4.99 Å². The number of carbonyl (C=O) groups excluding carboxylic acids is 1. The first-order valence-electron chi connectivity index (χ1n) is 10.1. The number of ether oxygens (including phenoxy) is 1. The number of rotatable bonds is 6. The number of carbonyl (C=O) groups is 2.